The number of rotatable bonds is 4. The number of fused-ring (bicyclic) bond motifs is 1. The van der Waals surface area contributed by atoms with E-state index in [-0.39, 0.29) is 23.1 Å². The number of nitrogens with one attached hydrogen (secondary N) is 1. The van der Waals surface area contributed by atoms with Gasteiger partial charge in [0.1, 0.15) is 5.02 Å². The topological polar surface area (TPSA) is 59.3 Å². The number of carbonyl (C=O) groups excluding carboxylic acids is 1. The third-order valence-corrected chi connectivity index (χ3v) is 7.44. The van der Waals surface area contributed by atoms with Gasteiger partial charge < -0.3 is 5.32 Å². The van der Waals surface area contributed by atoms with Crippen molar-refractivity contribution in [1.29, 1.82) is 0 Å². The molecule has 0 saturated heterocycles. The lowest BCUT2D eigenvalue weighted by molar-refractivity contribution is -0.0727. The molecule has 2 heterocycles. The number of nitrogens with zero attached hydrogens (tertiary/aromatic N) is 3. The van der Waals surface area contributed by atoms with Gasteiger partial charge in [-0.25, -0.2) is 9.50 Å². The fourth-order valence-electron chi connectivity index (χ4n) is 6.52. The second-order valence-electron chi connectivity index (χ2n) is 8.76. The number of hydrogen-bond donors (Lipinski definition) is 1. The molecule has 0 aromatic carbocycles. The number of hydrogen-bond acceptors (Lipinski definition) is 3. The highest BCUT2D eigenvalue weighted by Gasteiger charge is 2.54. The lowest BCUT2D eigenvalue weighted by atomic mass is 9.47. The number of halogens is 1. The summed E-state index contributed by atoms with van der Waals surface area (Å²) in [5.41, 5.74) is 1.10. The molecule has 4 aliphatic rings. The van der Waals surface area contributed by atoms with Crippen LogP contribution in [0.4, 0.5) is 0 Å². The summed E-state index contributed by atoms with van der Waals surface area (Å²) in [4.78, 5) is 17.2. The standard InChI is InChI=1S/C20H25ClN4O/c1-2-15(20-9-12-6-13(10-20)8-14(7-12)11-20)23-19(26)17-16(21)18-22-4-3-5-25(18)24-17/h3-5,12-15H,2,6-11H2,1H3,(H,23,26). The van der Waals surface area contributed by atoms with E-state index in [1.54, 1.807) is 23.0 Å². The average Bonchev–Trinajstić information content (AvgIpc) is 2.95. The van der Waals surface area contributed by atoms with Crippen LogP contribution in [-0.2, 0) is 0 Å². The van der Waals surface area contributed by atoms with Gasteiger partial charge in [0.25, 0.3) is 5.91 Å². The minimum Gasteiger partial charge on any atom is -0.347 e. The summed E-state index contributed by atoms with van der Waals surface area (Å²) in [6, 6.07) is 1.99. The Balaban J connectivity index is 1.42. The fourth-order valence-corrected chi connectivity index (χ4v) is 6.78. The predicted octanol–water partition coefficient (Wildman–Crippen LogP) is 4.11. The zero-order valence-corrected chi connectivity index (χ0v) is 15.9. The van der Waals surface area contributed by atoms with Crippen LogP contribution < -0.4 is 5.32 Å². The Bertz CT molecular complexity index is 825. The quantitative estimate of drug-likeness (QED) is 0.878. The van der Waals surface area contributed by atoms with Crippen LogP contribution in [0.2, 0.25) is 5.02 Å². The predicted molar refractivity (Wildman–Crippen MR) is 100 cm³/mol. The van der Waals surface area contributed by atoms with Gasteiger partial charge in [-0.15, -0.1) is 0 Å². The molecule has 6 heteroatoms. The van der Waals surface area contributed by atoms with Gasteiger partial charge in [0.05, 0.1) is 0 Å². The highest BCUT2D eigenvalue weighted by molar-refractivity contribution is 6.36. The van der Waals surface area contributed by atoms with E-state index in [4.69, 9.17) is 11.6 Å². The lowest BCUT2D eigenvalue weighted by Crippen LogP contribution is -2.56. The summed E-state index contributed by atoms with van der Waals surface area (Å²) < 4.78 is 1.57. The first kappa shape index (κ1) is 16.5. The van der Waals surface area contributed by atoms with Crippen molar-refractivity contribution in [2.24, 2.45) is 23.2 Å². The maximum absolute atomic E-state index is 13.0. The smallest absolute Gasteiger partial charge is 0.273 e. The maximum atomic E-state index is 13.0. The Hall–Kier alpha value is -1.62. The molecule has 2 aromatic heterocycles. The fraction of sp³-hybridized carbons (Fsp3) is 0.650. The van der Waals surface area contributed by atoms with E-state index in [2.05, 4.69) is 22.3 Å². The van der Waals surface area contributed by atoms with Crippen molar-refractivity contribution >= 4 is 23.2 Å². The van der Waals surface area contributed by atoms with Gasteiger partial charge in [0.15, 0.2) is 11.3 Å². The molecule has 4 bridgehead atoms. The molecule has 4 fully saturated rings. The molecule has 138 valence electrons. The van der Waals surface area contributed by atoms with Gasteiger partial charge in [-0.3, -0.25) is 4.79 Å². The summed E-state index contributed by atoms with van der Waals surface area (Å²) in [5, 5.41) is 8.01. The van der Waals surface area contributed by atoms with E-state index in [1.165, 1.54) is 38.5 Å². The van der Waals surface area contributed by atoms with E-state index in [1.807, 2.05) is 0 Å². The molecule has 1 amide bonds. The van der Waals surface area contributed by atoms with Gasteiger partial charge >= 0.3 is 0 Å². The largest absolute Gasteiger partial charge is 0.347 e. The van der Waals surface area contributed by atoms with Crippen molar-refractivity contribution < 1.29 is 4.79 Å². The lowest BCUT2D eigenvalue weighted by Gasteiger charge is -2.59. The van der Waals surface area contributed by atoms with Crippen LogP contribution in [0.15, 0.2) is 18.5 Å². The first-order valence-corrected chi connectivity index (χ1v) is 10.3. The molecule has 0 radical (unpaired) electrons. The SMILES string of the molecule is CCC(NC(=O)c1nn2cccnc2c1Cl)C12CC3CC(CC(C3)C1)C2. The second-order valence-corrected chi connectivity index (χ2v) is 9.14. The molecule has 6 rings (SSSR count). The molecule has 26 heavy (non-hydrogen) atoms. The van der Waals surface area contributed by atoms with Crippen LogP contribution in [-0.4, -0.2) is 26.5 Å². The third kappa shape index (κ3) is 2.47. The number of carbonyl (C=O) groups is 1. The van der Waals surface area contributed by atoms with Gasteiger partial charge in [0, 0.05) is 18.4 Å². The minimum absolute atomic E-state index is 0.164. The summed E-state index contributed by atoms with van der Waals surface area (Å²) in [6.45, 7) is 2.19. The summed E-state index contributed by atoms with van der Waals surface area (Å²) >= 11 is 6.39. The molecule has 1 N–H and O–H groups in total. The van der Waals surface area contributed by atoms with Crippen molar-refractivity contribution in [3.05, 3.63) is 29.2 Å². The Labute approximate surface area is 158 Å². The normalized spacial score (nSPS) is 33.5. The van der Waals surface area contributed by atoms with E-state index < -0.39 is 0 Å². The molecule has 0 spiro atoms. The van der Waals surface area contributed by atoms with E-state index in [0.29, 0.717) is 10.7 Å². The van der Waals surface area contributed by atoms with Gasteiger partial charge in [-0.05, 0) is 74.2 Å². The Morgan fingerprint density at radius 1 is 1.31 bits per heavy atom. The van der Waals surface area contributed by atoms with Crippen LogP contribution in [0.1, 0.15) is 62.4 Å². The molecule has 1 atom stereocenters. The van der Waals surface area contributed by atoms with Crippen molar-refractivity contribution in [3.63, 3.8) is 0 Å². The highest BCUT2D eigenvalue weighted by Crippen LogP contribution is 2.61. The first-order valence-electron chi connectivity index (χ1n) is 9.87. The Morgan fingerprint density at radius 3 is 2.54 bits per heavy atom. The molecule has 2 aromatic rings. The van der Waals surface area contributed by atoms with Crippen molar-refractivity contribution in [2.45, 2.75) is 57.9 Å². The van der Waals surface area contributed by atoms with Crippen LogP contribution in [0.5, 0.6) is 0 Å². The van der Waals surface area contributed by atoms with E-state index in [9.17, 15) is 4.79 Å². The first-order chi connectivity index (χ1) is 12.6. The monoisotopic (exact) mass is 372 g/mol. The molecule has 0 aliphatic heterocycles. The number of aromatic nitrogens is 3. The highest BCUT2D eigenvalue weighted by atomic mass is 35.5. The van der Waals surface area contributed by atoms with Gasteiger partial charge in [-0.1, -0.05) is 18.5 Å². The molecular weight excluding hydrogens is 348 g/mol. The summed E-state index contributed by atoms with van der Waals surface area (Å²) in [6.07, 6.45) is 12.4. The minimum atomic E-state index is -0.164. The van der Waals surface area contributed by atoms with Crippen LogP contribution in [0.3, 0.4) is 0 Å². The zero-order chi connectivity index (χ0) is 17.9. The van der Waals surface area contributed by atoms with Crippen LogP contribution in [0, 0.1) is 23.2 Å². The van der Waals surface area contributed by atoms with Crippen LogP contribution >= 0.6 is 11.6 Å². The maximum Gasteiger partial charge on any atom is 0.273 e. The van der Waals surface area contributed by atoms with Crippen molar-refractivity contribution in [1.82, 2.24) is 19.9 Å². The Morgan fingerprint density at radius 2 is 1.96 bits per heavy atom. The molecule has 4 saturated carbocycles. The molecule has 1 unspecified atom stereocenters. The number of amides is 1. The Kier molecular flexibility index (Phi) is 3.78. The average molecular weight is 373 g/mol. The second kappa shape index (κ2) is 5.95. The molecular formula is C20H25ClN4O. The van der Waals surface area contributed by atoms with Crippen molar-refractivity contribution in [3.8, 4) is 0 Å². The zero-order valence-electron chi connectivity index (χ0n) is 15.1. The van der Waals surface area contributed by atoms with E-state index >= 15 is 0 Å². The van der Waals surface area contributed by atoms with E-state index in [0.717, 1.165) is 24.2 Å². The van der Waals surface area contributed by atoms with Gasteiger partial charge in [0.2, 0.25) is 0 Å². The van der Waals surface area contributed by atoms with Crippen molar-refractivity contribution in [2.75, 3.05) is 0 Å². The van der Waals surface area contributed by atoms with Gasteiger partial charge in [-0.2, -0.15) is 5.10 Å². The summed E-state index contributed by atoms with van der Waals surface area (Å²) in [7, 11) is 0. The molecule has 5 nitrogen and oxygen atoms in total. The third-order valence-electron chi connectivity index (χ3n) is 7.09. The summed E-state index contributed by atoms with van der Waals surface area (Å²) in [5.74, 6) is 2.45. The molecule has 4 aliphatic carbocycles. The van der Waals surface area contributed by atoms with Crippen LogP contribution in [0.25, 0.3) is 5.65 Å².